The minimum Gasteiger partial charge on any atom is -0.372 e. The molecule has 0 radical (unpaired) electrons. The number of morpholine rings is 1. The molecule has 0 aliphatic carbocycles. The van der Waals surface area contributed by atoms with E-state index in [4.69, 9.17) is 4.74 Å². The quantitative estimate of drug-likeness (QED) is 0.841. The number of aromatic nitrogens is 2. The summed E-state index contributed by atoms with van der Waals surface area (Å²) in [5.41, 5.74) is -0.670. The zero-order valence-corrected chi connectivity index (χ0v) is 13.0. The Kier molecular flexibility index (Phi) is 4.51. The molecule has 2 heterocycles. The first-order valence-electron chi connectivity index (χ1n) is 7.17. The molecule has 3 atom stereocenters. The van der Waals surface area contributed by atoms with Crippen molar-refractivity contribution >= 4 is 5.91 Å². The van der Waals surface area contributed by atoms with Crippen molar-refractivity contribution in [1.82, 2.24) is 14.7 Å². The Balaban J connectivity index is 2.19. The molecule has 0 unspecified atom stereocenters. The number of halogens is 3. The van der Waals surface area contributed by atoms with Gasteiger partial charge in [0.05, 0.1) is 12.2 Å². The number of alkyl halides is 3. The van der Waals surface area contributed by atoms with E-state index in [2.05, 4.69) is 5.10 Å². The Hall–Kier alpha value is -1.57. The maximum absolute atomic E-state index is 12.7. The van der Waals surface area contributed by atoms with Gasteiger partial charge in [-0.3, -0.25) is 9.48 Å². The molecule has 22 heavy (non-hydrogen) atoms. The van der Waals surface area contributed by atoms with Crippen LogP contribution in [0.1, 0.15) is 38.2 Å². The SMILES string of the molecule is Cc1cc(C(F)(F)F)nn1[C@H](C)C(=O)N1C[C@@H](C)O[C@@H](C)C1. The smallest absolute Gasteiger partial charge is 0.372 e. The van der Waals surface area contributed by atoms with Crippen molar-refractivity contribution in [2.75, 3.05) is 13.1 Å². The highest BCUT2D eigenvalue weighted by Crippen LogP contribution is 2.29. The van der Waals surface area contributed by atoms with Crippen LogP contribution in [0.3, 0.4) is 0 Å². The van der Waals surface area contributed by atoms with Gasteiger partial charge in [-0.05, 0) is 33.8 Å². The van der Waals surface area contributed by atoms with Crippen LogP contribution in [0.4, 0.5) is 13.2 Å². The normalized spacial score (nSPS) is 24.4. The largest absolute Gasteiger partial charge is 0.435 e. The lowest BCUT2D eigenvalue weighted by Crippen LogP contribution is -2.50. The highest BCUT2D eigenvalue weighted by molar-refractivity contribution is 5.80. The van der Waals surface area contributed by atoms with Gasteiger partial charge in [0.25, 0.3) is 0 Å². The minimum absolute atomic E-state index is 0.0932. The van der Waals surface area contributed by atoms with E-state index in [0.29, 0.717) is 18.8 Å². The number of nitrogens with zero attached hydrogens (tertiary/aromatic N) is 3. The molecule has 5 nitrogen and oxygen atoms in total. The predicted molar refractivity (Wildman–Crippen MR) is 73.3 cm³/mol. The maximum atomic E-state index is 12.7. The van der Waals surface area contributed by atoms with Crippen molar-refractivity contribution < 1.29 is 22.7 Å². The molecule has 1 aliphatic heterocycles. The molecular weight excluding hydrogens is 299 g/mol. The molecule has 1 amide bonds. The van der Waals surface area contributed by atoms with Gasteiger partial charge in [0.15, 0.2) is 5.69 Å². The molecule has 0 spiro atoms. The zero-order chi connectivity index (χ0) is 16.7. The average Bonchev–Trinajstić information content (AvgIpc) is 2.78. The van der Waals surface area contributed by atoms with Gasteiger partial charge in [0.1, 0.15) is 6.04 Å². The van der Waals surface area contributed by atoms with Crippen LogP contribution in [0.25, 0.3) is 0 Å². The van der Waals surface area contributed by atoms with Crippen LogP contribution in [0, 0.1) is 6.92 Å². The summed E-state index contributed by atoms with van der Waals surface area (Å²) < 4.78 is 44.8. The molecule has 0 aromatic carbocycles. The number of rotatable bonds is 2. The van der Waals surface area contributed by atoms with Crippen LogP contribution in [-0.4, -0.2) is 45.9 Å². The van der Waals surface area contributed by atoms with E-state index in [1.165, 1.54) is 6.92 Å². The van der Waals surface area contributed by atoms with E-state index in [-0.39, 0.29) is 18.1 Å². The van der Waals surface area contributed by atoms with Crippen molar-refractivity contribution in [3.8, 4) is 0 Å². The summed E-state index contributed by atoms with van der Waals surface area (Å²) in [6.45, 7) is 7.66. The van der Waals surface area contributed by atoms with Gasteiger partial charge < -0.3 is 9.64 Å². The Labute approximate surface area is 127 Å². The fourth-order valence-electron chi connectivity index (χ4n) is 2.75. The summed E-state index contributed by atoms with van der Waals surface area (Å²) in [6.07, 6.45) is -4.70. The summed E-state index contributed by atoms with van der Waals surface area (Å²) >= 11 is 0. The Morgan fingerprint density at radius 2 is 1.91 bits per heavy atom. The van der Waals surface area contributed by atoms with Crippen LogP contribution in [0.5, 0.6) is 0 Å². The topological polar surface area (TPSA) is 47.4 Å². The summed E-state index contributed by atoms with van der Waals surface area (Å²) in [6, 6.07) is 0.169. The lowest BCUT2D eigenvalue weighted by molar-refractivity contribution is -0.147. The lowest BCUT2D eigenvalue weighted by Gasteiger charge is -2.36. The number of hydrogen-bond acceptors (Lipinski definition) is 3. The van der Waals surface area contributed by atoms with E-state index < -0.39 is 17.9 Å². The first kappa shape index (κ1) is 16.8. The van der Waals surface area contributed by atoms with Crippen LogP contribution in [-0.2, 0) is 15.7 Å². The predicted octanol–water partition coefficient (Wildman–Crippen LogP) is 2.41. The van der Waals surface area contributed by atoms with Crippen molar-refractivity contribution in [2.45, 2.75) is 52.1 Å². The molecule has 0 saturated carbocycles. The molecular formula is C14H20F3N3O2. The first-order chi connectivity index (χ1) is 10.1. The summed E-state index contributed by atoms with van der Waals surface area (Å²) in [7, 11) is 0. The molecule has 1 aromatic heterocycles. The molecule has 2 rings (SSSR count). The molecule has 124 valence electrons. The van der Waals surface area contributed by atoms with Crippen LogP contribution >= 0.6 is 0 Å². The van der Waals surface area contributed by atoms with Gasteiger partial charge in [0.2, 0.25) is 5.91 Å². The van der Waals surface area contributed by atoms with E-state index in [0.717, 1.165) is 10.7 Å². The summed E-state index contributed by atoms with van der Waals surface area (Å²) in [5, 5.41) is 3.55. The van der Waals surface area contributed by atoms with Gasteiger partial charge in [-0.2, -0.15) is 18.3 Å². The third kappa shape index (κ3) is 3.43. The van der Waals surface area contributed by atoms with Gasteiger partial charge >= 0.3 is 6.18 Å². The van der Waals surface area contributed by atoms with E-state index in [1.807, 2.05) is 13.8 Å². The van der Waals surface area contributed by atoms with E-state index in [9.17, 15) is 18.0 Å². The number of hydrogen-bond donors (Lipinski definition) is 0. The van der Waals surface area contributed by atoms with Crippen LogP contribution < -0.4 is 0 Å². The standard InChI is InChI=1S/C14H20F3N3O2/c1-8-5-12(14(15,16)17)18-20(8)11(4)13(21)19-6-9(2)22-10(3)7-19/h5,9-11H,6-7H2,1-4H3/t9-,10+,11-/m1/s1. The molecule has 0 N–H and O–H groups in total. The van der Waals surface area contributed by atoms with Crippen molar-refractivity contribution in [2.24, 2.45) is 0 Å². The van der Waals surface area contributed by atoms with E-state index in [1.54, 1.807) is 11.8 Å². The number of carbonyl (C=O) groups excluding carboxylic acids is 1. The van der Waals surface area contributed by atoms with Crippen molar-refractivity contribution in [3.05, 3.63) is 17.5 Å². The highest BCUT2D eigenvalue weighted by atomic mass is 19.4. The third-order valence-electron chi connectivity index (χ3n) is 3.67. The number of ether oxygens (including phenoxy) is 1. The second-order valence-corrected chi connectivity index (χ2v) is 5.79. The third-order valence-corrected chi connectivity index (χ3v) is 3.67. The second kappa shape index (κ2) is 5.91. The fraction of sp³-hybridized carbons (Fsp3) is 0.714. The van der Waals surface area contributed by atoms with Crippen molar-refractivity contribution in [3.63, 3.8) is 0 Å². The zero-order valence-electron chi connectivity index (χ0n) is 13.0. The second-order valence-electron chi connectivity index (χ2n) is 5.79. The molecule has 1 aliphatic rings. The number of amides is 1. The molecule has 1 fully saturated rings. The minimum atomic E-state index is -4.51. The lowest BCUT2D eigenvalue weighted by atomic mass is 10.2. The Bertz CT molecular complexity index is 546. The molecule has 1 saturated heterocycles. The fourth-order valence-corrected chi connectivity index (χ4v) is 2.75. The first-order valence-corrected chi connectivity index (χ1v) is 7.17. The van der Waals surface area contributed by atoms with Gasteiger partial charge in [-0.15, -0.1) is 0 Å². The monoisotopic (exact) mass is 319 g/mol. The van der Waals surface area contributed by atoms with Crippen LogP contribution in [0.2, 0.25) is 0 Å². The number of carbonyl (C=O) groups is 1. The number of aryl methyl sites for hydroxylation is 1. The van der Waals surface area contributed by atoms with Crippen molar-refractivity contribution in [1.29, 1.82) is 0 Å². The maximum Gasteiger partial charge on any atom is 0.435 e. The van der Waals surface area contributed by atoms with E-state index >= 15 is 0 Å². The van der Waals surface area contributed by atoms with Gasteiger partial charge in [0, 0.05) is 18.8 Å². The molecule has 0 bridgehead atoms. The molecule has 1 aromatic rings. The Morgan fingerprint density at radius 1 is 1.36 bits per heavy atom. The van der Waals surface area contributed by atoms with Gasteiger partial charge in [-0.1, -0.05) is 0 Å². The Morgan fingerprint density at radius 3 is 2.36 bits per heavy atom. The summed E-state index contributed by atoms with van der Waals surface area (Å²) in [5.74, 6) is -0.248. The average molecular weight is 319 g/mol. The highest BCUT2D eigenvalue weighted by Gasteiger charge is 2.36. The van der Waals surface area contributed by atoms with Gasteiger partial charge in [-0.25, -0.2) is 0 Å². The molecule has 8 heteroatoms. The van der Waals surface area contributed by atoms with Crippen LogP contribution in [0.15, 0.2) is 6.07 Å². The summed E-state index contributed by atoms with van der Waals surface area (Å²) in [4.78, 5) is 14.2.